The van der Waals surface area contributed by atoms with Crippen LogP contribution in [0.5, 0.6) is 5.75 Å². The minimum absolute atomic E-state index is 0.0327. The van der Waals surface area contributed by atoms with E-state index in [0.29, 0.717) is 16.8 Å². The zero-order valence-electron chi connectivity index (χ0n) is 21.5. The first-order chi connectivity index (χ1) is 17.4. The Kier molecular flexibility index (Phi) is 6.51. The maximum atomic E-state index is 13.3. The molecule has 0 aliphatic carbocycles. The fraction of sp³-hybridized carbons (Fsp3) is 0.259. The average molecular weight is 504 g/mol. The highest BCUT2D eigenvalue weighted by molar-refractivity contribution is 5.97. The van der Waals surface area contributed by atoms with E-state index in [1.165, 1.54) is 23.1 Å². The summed E-state index contributed by atoms with van der Waals surface area (Å²) in [6, 6.07) is 13.4. The van der Waals surface area contributed by atoms with Crippen molar-refractivity contribution in [2.75, 3.05) is 4.90 Å². The Morgan fingerprint density at radius 3 is 2.19 bits per heavy atom. The molecule has 4 aromatic rings. The van der Waals surface area contributed by atoms with Crippen molar-refractivity contribution >= 4 is 23.7 Å². The summed E-state index contributed by atoms with van der Waals surface area (Å²) in [6.07, 6.45) is -2.04. The Balaban J connectivity index is 1.82. The number of aryl methyl sites for hydroxylation is 3. The minimum atomic E-state index is -1.31. The number of H-pyrrole nitrogens is 1. The molecule has 37 heavy (non-hydrogen) atoms. The number of nitrogens with one attached hydrogen (secondary N) is 1. The molecular weight excluding hydrogens is 474 g/mol. The molecule has 2 aromatic heterocycles. The van der Waals surface area contributed by atoms with E-state index in [-0.39, 0.29) is 17.3 Å². The van der Waals surface area contributed by atoms with Gasteiger partial charge < -0.3 is 14.9 Å². The van der Waals surface area contributed by atoms with Crippen LogP contribution < -0.4 is 4.90 Å². The van der Waals surface area contributed by atoms with E-state index in [1.54, 1.807) is 45.9 Å². The largest absolute Gasteiger partial charge is 0.508 e. The molecule has 0 radical (unpaired) electrons. The first kappa shape index (κ1) is 25.5. The number of ether oxygens (including phenoxy) is 1. The van der Waals surface area contributed by atoms with Crippen molar-refractivity contribution in [3.05, 3.63) is 65.5 Å². The van der Waals surface area contributed by atoms with Gasteiger partial charge in [0.2, 0.25) is 0 Å². The third-order valence-electron chi connectivity index (χ3n) is 5.70. The van der Waals surface area contributed by atoms with Crippen LogP contribution in [0.3, 0.4) is 0 Å². The smallest absolute Gasteiger partial charge is 0.432 e. The van der Waals surface area contributed by atoms with Crippen LogP contribution in [0.25, 0.3) is 22.4 Å². The van der Waals surface area contributed by atoms with Gasteiger partial charge in [0.05, 0.1) is 17.1 Å². The van der Waals surface area contributed by atoms with Crippen molar-refractivity contribution in [2.24, 2.45) is 0 Å². The van der Waals surface area contributed by atoms with Crippen molar-refractivity contribution in [3.8, 4) is 28.1 Å². The molecule has 0 spiro atoms. The van der Waals surface area contributed by atoms with Crippen molar-refractivity contribution in [2.45, 2.75) is 47.1 Å². The fourth-order valence-electron chi connectivity index (χ4n) is 4.13. The predicted octanol–water partition coefficient (Wildman–Crippen LogP) is 6.17. The van der Waals surface area contributed by atoms with Crippen molar-refractivity contribution in [1.82, 2.24) is 20.0 Å². The van der Waals surface area contributed by atoms with Gasteiger partial charge in [0, 0.05) is 22.9 Å². The van der Waals surface area contributed by atoms with Crippen LogP contribution in [0.1, 0.15) is 37.7 Å². The number of aromatic amines is 1. The maximum Gasteiger partial charge on any atom is 0.432 e. The summed E-state index contributed by atoms with van der Waals surface area (Å²) in [5.41, 5.74) is 4.75. The second-order valence-electron chi connectivity index (χ2n) is 9.76. The third kappa shape index (κ3) is 5.18. The summed E-state index contributed by atoms with van der Waals surface area (Å²) in [6.45, 7) is 10.8. The molecule has 0 saturated heterocycles. The zero-order valence-corrected chi connectivity index (χ0v) is 21.5. The highest BCUT2D eigenvalue weighted by Crippen LogP contribution is 2.35. The summed E-state index contributed by atoms with van der Waals surface area (Å²) in [5.74, 6) is 0.0939. The van der Waals surface area contributed by atoms with Crippen molar-refractivity contribution < 1.29 is 24.5 Å². The van der Waals surface area contributed by atoms with Gasteiger partial charge in [-0.15, -0.1) is 5.10 Å². The van der Waals surface area contributed by atoms with Crippen LogP contribution in [0.2, 0.25) is 0 Å². The molecule has 0 fully saturated rings. The number of benzene rings is 2. The van der Waals surface area contributed by atoms with Gasteiger partial charge in [0.15, 0.2) is 5.82 Å². The van der Waals surface area contributed by atoms with Crippen molar-refractivity contribution in [3.63, 3.8) is 0 Å². The number of nitrogens with zero attached hydrogens (tertiary/aromatic N) is 4. The summed E-state index contributed by atoms with van der Waals surface area (Å²) >= 11 is 0. The first-order valence-corrected chi connectivity index (χ1v) is 11.6. The van der Waals surface area contributed by atoms with Crippen molar-refractivity contribution in [1.29, 1.82) is 0 Å². The normalized spacial score (nSPS) is 11.4. The fourth-order valence-corrected chi connectivity index (χ4v) is 4.13. The highest BCUT2D eigenvalue weighted by Gasteiger charge is 2.30. The quantitative estimate of drug-likeness (QED) is 0.303. The molecule has 192 valence electrons. The van der Waals surface area contributed by atoms with Crippen LogP contribution in [0, 0.1) is 20.8 Å². The monoisotopic (exact) mass is 503 g/mol. The van der Waals surface area contributed by atoms with Crippen LogP contribution in [0.4, 0.5) is 21.1 Å². The molecule has 1 amide bonds. The van der Waals surface area contributed by atoms with Gasteiger partial charge in [0.1, 0.15) is 11.4 Å². The number of carbonyl (C=O) groups excluding carboxylic acids is 1. The molecule has 4 rings (SSSR count). The number of hydrogen-bond donors (Lipinski definition) is 3. The molecule has 0 aliphatic heterocycles. The zero-order chi connectivity index (χ0) is 27.1. The molecule has 10 heteroatoms. The molecule has 0 saturated carbocycles. The van der Waals surface area contributed by atoms with Crippen LogP contribution >= 0.6 is 0 Å². The van der Waals surface area contributed by atoms with Gasteiger partial charge in [-0.05, 0) is 70.9 Å². The van der Waals surface area contributed by atoms with E-state index in [0.717, 1.165) is 27.2 Å². The summed E-state index contributed by atoms with van der Waals surface area (Å²) in [4.78, 5) is 26.6. The standard InChI is InChI=1S/C27H29N5O5/c1-15-13-20(33)11-12-21(15)31(26(36)37-27(4,5)6)23-14-22(32(30-23)25(34)35)18-7-9-19(10-8-18)24-16(2)28-29-17(24)3/h7-14,33H,1-6H3,(H,28,29)(H,34,35). The number of phenolic OH excluding ortho intramolecular Hbond substituents is 1. The number of hydrogen-bond acceptors (Lipinski definition) is 6. The van der Waals surface area contributed by atoms with Gasteiger partial charge in [-0.2, -0.15) is 9.78 Å². The SMILES string of the molecule is Cc1cc(O)ccc1N(C(=O)OC(C)(C)C)c1cc(-c2ccc(-c3c(C)n[nH]c3C)cc2)n(C(=O)O)n1. The molecule has 2 heterocycles. The van der Waals surface area contributed by atoms with E-state index >= 15 is 0 Å². The Hall–Kier alpha value is -4.60. The van der Waals surface area contributed by atoms with Gasteiger partial charge in [-0.1, -0.05) is 24.3 Å². The number of carbonyl (C=O) groups is 2. The van der Waals surface area contributed by atoms with Crippen LogP contribution in [-0.2, 0) is 4.74 Å². The highest BCUT2D eigenvalue weighted by atomic mass is 16.6. The number of amides is 1. The lowest BCUT2D eigenvalue weighted by atomic mass is 10.0. The lowest BCUT2D eigenvalue weighted by Crippen LogP contribution is -2.34. The maximum absolute atomic E-state index is 13.3. The lowest BCUT2D eigenvalue weighted by Gasteiger charge is -2.27. The van der Waals surface area contributed by atoms with E-state index in [9.17, 15) is 19.8 Å². The van der Waals surface area contributed by atoms with E-state index in [4.69, 9.17) is 4.74 Å². The summed E-state index contributed by atoms with van der Waals surface area (Å²) in [5, 5.41) is 31.2. The minimum Gasteiger partial charge on any atom is -0.508 e. The van der Waals surface area contributed by atoms with E-state index in [2.05, 4.69) is 15.3 Å². The Morgan fingerprint density at radius 2 is 1.65 bits per heavy atom. The molecule has 3 N–H and O–H groups in total. The number of aromatic hydroxyl groups is 1. The second kappa shape index (κ2) is 9.45. The average Bonchev–Trinajstić information content (AvgIpc) is 3.38. The number of rotatable bonds is 4. The topological polar surface area (TPSA) is 134 Å². The van der Waals surface area contributed by atoms with Crippen LogP contribution in [-0.4, -0.2) is 48.0 Å². The van der Waals surface area contributed by atoms with E-state index in [1.807, 2.05) is 26.0 Å². The molecule has 2 aromatic carbocycles. The Labute approximate surface area is 214 Å². The number of carboxylic acid groups (broad SMARTS) is 1. The molecule has 0 atom stereocenters. The molecule has 0 bridgehead atoms. The summed E-state index contributed by atoms with van der Waals surface area (Å²) < 4.78 is 6.43. The molecule has 0 unspecified atom stereocenters. The van der Waals surface area contributed by atoms with Gasteiger partial charge in [0.25, 0.3) is 0 Å². The lowest BCUT2D eigenvalue weighted by molar-refractivity contribution is 0.0597. The van der Waals surface area contributed by atoms with Gasteiger partial charge >= 0.3 is 12.2 Å². The van der Waals surface area contributed by atoms with Gasteiger partial charge in [-0.3, -0.25) is 5.10 Å². The number of aromatic nitrogens is 4. The predicted molar refractivity (Wildman–Crippen MR) is 139 cm³/mol. The first-order valence-electron chi connectivity index (χ1n) is 11.6. The number of anilines is 2. The molecular formula is C27H29N5O5. The van der Waals surface area contributed by atoms with E-state index < -0.39 is 17.8 Å². The summed E-state index contributed by atoms with van der Waals surface area (Å²) in [7, 11) is 0. The van der Waals surface area contributed by atoms with Gasteiger partial charge in [-0.25, -0.2) is 14.5 Å². The Morgan fingerprint density at radius 1 is 1.00 bits per heavy atom. The number of phenols is 1. The third-order valence-corrected chi connectivity index (χ3v) is 5.70. The van der Waals surface area contributed by atoms with Crippen LogP contribution in [0.15, 0.2) is 48.5 Å². The Bertz CT molecular complexity index is 1460. The molecule has 10 nitrogen and oxygen atoms in total. The molecule has 0 aliphatic rings. The second-order valence-corrected chi connectivity index (χ2v) is 9.76.